The molecule has 0 N–H and O–H groups in total. The Labute approximate surface area is 126 Å². The molecule has 0 aromatic carbocycles. The van der Waals surface area contributed by atoms with E-state index >= 15 is 0 Å². The first-order valence-corrected chi connectivity index (χ1v) is 7.41. The summed E-state index contributed by atoms with van der Waals surface area (Å²) >= 11 is 1.47. The summed E-state index contributed by atoms with van der Waals surface area (Å²) in [7, 11) is 0. The Morgan fingerprint density at radius 2 is 2.33 bits per heavy atom. The third-order valence-electron chi connectivity index (χ3n) is 3.23. The Kier molecular flexibility index (Phi) is 3.59. The number of ether oxygens (including phenoxy) is 1. The Morgan fingerprint density at radius 3 is 3.00 bits per heavy atom. The average Bonchev–Trinajstić information content (AvgIpc) is 2.88. The van der Waals surface area contributed by atoms with Crippen molar-refractivity contribution in [2.45, 2.75) is 13.0 Å². The van der Waals surface area contributed by atoms with Gasteiger partial charge in [0.05, 0.1) is 18.0 Å². The standard InChI is InChI=1S/C15H13N3O2S/c1-10-4-14(21-9-10)15(19)18-7-13(8-18)20-12-2-3-17-11(5-12)6-16/h2-5,9,13H,7-8H2,1H3. The molecule has 0 aliphatic carbocycles. The third kappa shape index (κ3) is 2.88. The van der Waals surface area contributed by atoms with Crippen molar-refractivity contribution in [3.8, 4) is 11.8 Å². The molecule has 0 bridgehead atoms. The second kappa shape index (κ2) is 5.54. The van der Waals surface area contributed by atoms with Gasteiger partial charge in [-0.2, -0.15) is 5.26 Å². The van der Waals surface area contributed by atoms with Crippen LogP contribution in [-0.2, 0) is 0 Å². The SMILES string of the molecule is Cc1csc(C(=O)N2CC(Oc3ccnc(C#N)c3)C2)c1. The first-order chi connectivity index (χ1) is 10.2. The van der Waals surface area contributed by atoms with Crippen LogP contribution in [0.5, 0.6) is 5.75 Å². The van der Waals surface area contributed by atoms with E-state index in [9.17, 15) is 4.79 Å². The molecule has 21 heavy (non-hydrogen) atoms. The quantitative estimate of drug-likeness (QED) is 0.871. The van der Waals surface area contributed by atoms with E-state index in [1.165, 1.54) is 11.3 Å². The van der Waals surface area contributed by atoms with Gasteiger partial charge in [0.15, 0.2) is 0 Å². The molecule has 1 amide bonds. The number of thiophene rings is 1. The Hall–Kier alpha value is -2.39. The van der Waals surface area contributed by atoms with Gasteiger partial charge in [-0.3, -0.25) is 4.79 Å². The van der Waals surface area contributed by atoms with Crippen molar-refractivity contribution in [2.75, 3.05) is 13.1 Å². The number of pyridine rings is 1. The van der Waals surface area contributed by atoms with E-state index in [0.29, 0.717) is 24.5 Å². The molecule has 0 spiro atoms. The number of nitrogens with zero attached hydrogens (tertiary/aromatic N) is 3. The Morgan fingerprint density at radius 1 is 1.52 bits per heavy atom. The normalized spacial score (nSPS) is 14.4. The van der Waals surface area contributed by atoms with Gasteiger partial charge in [-0.05, 0) is 30.0 Å². The van der Waals surface area contributed by atoms with Crippen molar-refractivity contribution < 1.29 is 9.53 Å². The van der Waals surface area contributed by atoms with Crippen LogP contribution in [0.2, 0.25) is 0 Å². The Balaban J connectivity index is 1.56. The predicted molar refractivity (Wildman–Crippen MR) is 78.3 cm³/mol. The fraction of sp³-hybridized carbons (Fsp3) is 0.267. The van der Waals surface area contributed by atoms with Crippen molar-refractivity contribution in [3.05, 3.63) is 45.9 Å². The maximum Gasteiger partial charge on any atom is 0.264 e. The summed E-state index contributed by atoms with van der Waals surface area (Å²) in [5.41, 5.74) is 1.44. The van der Waals surface area contributed by atoms with Gasteiger partial charge in [-0.15, -0.1) is 11.3 Å². The number of aryl methyl sites for hydroxylation is 1. The second-order valence-electron chi connectivity index (χ2n) is 4.93. The van der Waals surface area contributed by atoms with Crippen LogP contribution in [-0.4, -0.2) is 35.0 Å². The van der Waals surface area contributed by atoms with Gasteiger partial charge in [0.1, 0.15) is 23.6 Å². The van der Waals surface area contributed by atoms with Crippen LogP contribution in [0.4, 0.5) is 0 Å². The lowest BCUT2D eigenvalue weighted by Crippen LogP contribution is -2.56. The average molecular weight is 299 g/mol. The number of amides is 1. The van der Waals surface area contributed by atoms with Crippen molar-refractivity contribution in [1.29, 1.82) is 5.26 Å². The van der Waals surface area contributed by atoms with E-state index in [1.54, 1.807) is 23.2 Å². The highest BCUT2D eigenvalue weighted by molar-refractivity contribution is 7.12. The number of aromatic nitrogens is 1. The van der Waals surface area contributed by atoms with Crippen LogP contribution in [0.15, 0.2) is 29.8 Å². The highest BCUT2D eigenvalue weighted by Crippen LogP contribution is 2.22. The molecular formula is C15H13N3O2S. The molecule has 1 fully saturated rings. The minimum Gasteiger partial charge on any atom is -0.487 e. The molecule has 0 radical (unpaired) electrons. The molecule has 1 aliphatic heterocycles. The van der Waals surface area contributed by atoms with Gasteiger partial charge >= 0.3 is 0 Å². The summed E-state index contributed by atoms with van der Waals surface area (Å²) in [6.07, 6.45) is 1.52. The number of carbonyl (C=O) groups is 1. The van der Waals surface area contributed by atoms with Gasteiger partial charge in [-0.25, -0.2) is 4.98 Å². The summed E-state index contributed by atoms with van der Waals surface area (Å²) in [5.74, 6) is 0.672. The molecule has 0 atom stereocenters. The van der Waals surface area contributed by atoms with Crippen LogP contribution < -0.4 is 4.74 Å². The fourth-order valence-corrected chi connectivity index (χ4v) is 2.98. The van der Waals surface area contributed by atoms with Crippen LogP contribution >= 0.6 is 11.3 Å². The monoisotopic (exact) mass is 299 g/mol. The minimum atomic E-state index is -0.0241. The molecule has 3 heterocycles. The zero-order chi connectivity index (χ0) is 14.8. The van der Waals surface area contributed by atoms with E-state index in [2.05, 4.69) is 4.98 Å². The van der Waals surface area contributed by atoms with E-state index < -0.39 is 0 Å². The highest BCUT2D eigenvalue weighted by Gasteiger charge is 2.33. The highest BCUT2D eigenvalue weighted by atomic mass is 32.1. The fourth-order valence-electron chi connectivity index (χ4n) is 2.12. The smallest absolute Gasteiger partial charge is 0.264 e. The van der Waals surface area contributed by atoms with Crippen LogP contribution in [0.25, 0.3) is 0 Å². The topological polar surface area (TPSA) is 66.2 Å². The van der Waals surface area contributed by atoms with Gasteiger partial charge in [-0.1, -0.05) is 0 Å². The minimum absolute atomic E-state index is 0.0241. The summed E-state index contributed by atoms with van der Waals surface area (Å²) in [6.45, 7) is 3.12. The predicted octanol–water partition coefficient (Wildman–Crippen LogP) is 2.23. The lowest BCUT2D eigenvalue weighted by atomic mass is 10.1. The lowest BCUT2D eigenvalue weighted by molar-refractivity contribution is 0.0181. The third-order valence-corrected chi connectivity index (χ3v) is 4.26. The number of hydrogen-bond donors (Lipinski definition) is 0. The molecule has 0 unspecified atom stereocenters. The maximum atomic E-state index is 12.2. The summed E-state index contributed by atoms with van der Waals surface area (Å²) in [6, 6.07) is 7.20. The Bertz CT molecular complexity index is 714. The summed E-state index contributed by atoms with van der Waals surface area (Å²) in [5, 5.41) is 10.8. The van der Waals surface area contributed by atoms with Crippen LogP contribution in [0.1, 0.15) is 20.9 Å². The first-order valence-electron chi connectivity index (χ1n) is 6.53. The maximum absolute atomic E-state index is 12.2. The zero-order valence-corrected chi connectivity index (χ0v) is 12.3. The summed E-state index contributed by atoms with van der Waals surface area (Å²) in [4.78, 5) is 18.6. The number of hydrogen-bond acceptors (Lipinski definition) is 5. The largest absolute Gasteiger partial charge is 0.487 e. The molecule has 2 aromatic rings. The molecule has 5 nitrogen and oxygen atoms in total. The van der Waals surface area contributed by atoms with E-state index in [0.717, 1.165) is 10.4 Å². The van der Waals surface area contributed by atoms with Gasteiger partial charge < -0.3 is 9.64 Å². The first kappa shape index (κ1) is 13.6. The summed E-state index contributed by atoms with van der Waals surface area (Å²) < 4.78 is 5.73. The number of nitriles is 1. The number of carbonyl (C=O) groups excluding carboxylic acids is 1. The van der Waals surface area contributed by atoms with Gasteiger partial charge in [0.2, 0.25) is 0 Å². The van der Waals surface area contributed by atoms with Crippen LogP contribution in [0, 0.1) is 18.3 Å². The number of likely N-dealkylation sites (tertiary alicyclic amines) is 1. The lowest BCUT2D eigenvalue weighted by Gasteiger charge is -2.38. The van der Waals surface area contributed by atoms with Crippen LogP contribution in [0.3, 0.4) is 0 Å². The second-order valence-corrected chi connectivity index (χ2v) is 5.84. The van der Waals surface area contributed by atoms with Gasteiger partial charge in [0.25, 0.3) is 5.91 Å². The van der Waals surface area contributed by atoms with Gasteiger partial charge in [0, 0.05) is 12.3 Å². The van der Waals surface area contributed by atoms with Crippen molar-refractivity contribution in [2.24, 2.45) is 0 Å². The van der Waals surface area contributed by atoms with Crippen molar-refractivity contribution in [3.63, 3.8) is 0 Å². The molecule has 106 valence electrons. The van der Waals surface area contributed by atoms with Crippen molar-refractivity contribution in [1.82, 2.24) is 9.88 Å². The molecule has 3 rings (SSSR count). The molecule has 6 heteroatoms. The van der Waals surface area contributed by atoms with E-state index in [-0.39, 0.29) is 12.0 Å². The van der Waals surface area contributed by atoms with E-state index in [4.69, 9.17) is 10.00 Å². The molecule has 1 saturated heterocycles. The molecular weight excluding hydrogens is 286 g/mol. The molecule has 1 aliphatic rings. The zero-order valence-electron chi connectivity index (χ0n) is 11.4. The number of rotatable bonds is 3. The molecule has 2 aromatic heterocycles. The van der Waals surface area contributed by atoms with E-state index in [1.807, 2.05) is 24.4 Å². The molecule has 0 saturated carbocycles. The van der Waals surface area contributed by atoms with Crippen molar-refractivity contribution >= 4 is 17.2 Å².